The van der Waals surface area contributed by atoms with Crippen LogP contribution >= 0.6 is 11.6 Å². The largest absolute Gasteiger partial charge is 0.456 e. The molecule has 11 heteroatoms. The molecule has 4 rings (SSSR count). The number of carbonyl (C=O) groups is 1. The SMILES string of the molecule is Cc1ccc2nc(COC(=O)/C=C/c3c(C)nn([C@H]4CCS(=O)(=O)C4)c3Cl)cc(=O)n2c1. The van der Waals surface area contributed by atoms with E-state index in [1.165, 1.54) is 27.3 Å². The molecule has 3 aromatic heterocycles. The summed E-state index contributed by atoms with van der Waals surface area (Å²) in [6, 6.07) is 4.57. The highest BCUT2D eigenvalue weighted by Crippen LogP contribution is 2.30. The zero-order valence-electron chi connectivity index (χ0n) is 17.5. The third-order valence-corrected chi connectivity index (χ3v) is 7.36. The second kappa shape index (κ2) is 8.51. The number of carbonyl (C=O) groups excluding carboxylic acids is 1. The summed E-state index contributed by atoms with van der Waals surface area (Å²) < 4.78 is 31.6. The fourth-order valence-electron chi connectivity index (χ4n) is 3.61. The van der Waals surface area contributed by atoms with Crippen LogP contribution in [0.1, 0.15) is 35.0 Å². The number of pyridine rings is 1. The molecule has 1 fully saturated rings. The minimum atomic E-state index is -3.08. The van der Waals surface area contributed by atoms with Crippen molar-refractivity contribution in [2.45, 2.75) is 32.9 Å². The smallest absolute Gasteiger partial charge is 0.331 e. The number of hydrogen-bond donors (Lipinski definition) is 0. The molecule has 0 spiro atoms. The van der Waals surface area contributed by atoms with E-state index in [1.54, 1.807) is 19.2 Å². The van der Waals surface area contributed by atoms with Crippen LogP contribution in [-0.2, 0) is 26.0 Å². The third kappa shape index (κ3) is 4.61. The summed E-state index contributed by atoms with van der Waals surface area (Å²) in [5.74, 6) is -0.532. The zero-order chi connectivity index (χ0) is 23.0. The van der Waals surface area contributed by atoms with Crippen molar-refractivity contribution in [2.24, 2.45) is 0 Å². The molecule has 9 nitrogen and oxygen atoms in total. The van der Waals surface area contributed by atoms with Crippen molar-refractivity contribution in [1.82, 2.24) is 19.2 Å². The summed E-state index contributed by atoms with van der Waals surface area (Å²) in [5.41, 5.74) is 2.56. The third-order valence-electron chi connectivity index (χ3n) is 5.23. The number of aromatic nitrogens is 4. The average Bonchev–Trinajstić information content (AvgIpc) is 3.23. The van der Waals surface area contributed by atoms with Gasteiger partial charge in [0, 0.05) is 23.9 Å². The van der Waals surface area contributed by atoms with Gasteiger partial charge >= 0.3 is 5.97 Å². The monoisotopic (exact) mass is 476 g/mol. The minimum Gasteiger partial charge on any atom is -0.456 e. The molecule has 1 aliphatic heterocycles. The molecule has 3 aromatic rings. The molecule has 0 unspecified atom stereocenters. The fourth-order valence-corrected chi connectivity index (χ4v) is 5.68. The molecule has 0 N–H and O–H groups in total. The summed E-state index contributed by atoms with van der Waals surface area (Å²) in [4.78, 5) is 28.8. The summed E-state index contributed by atoms with van der Waals surface area (Å²) in [6.45, 7) is 3.45. The number of sulfone groups is 1. The fraction of sp³-hybridized carbons (Fsp3) is 0.333. The Bertz CT molecular complexity index is 1410. The van der Waals surface area contributed by atoms with Crippen molar-refractivity contribution in [2.75, 3.05) is 11.5 Å². The topological polar surface area (TPSA) is 113 Å². The van der Waals surface area contributed by atoms with Crippen LogP contribution in [0.3, 0.4) is 0 Å². The van der Waals surface area contributed by atoms with Crippen molar-refractivity contribution in [3.8, 4) is 0 Å². The van der Waals surface area contributed by atoms with E-state index in [-0.39, 0.29) is 34.9 Å². The van der Waals surface area contributed by atoms with Gasteiger partial charge in [0.15, 0.2) is 9.84 Å². The molecule has 1 atom stereocenters. The molecule has 0 saturated carbocycles. The van der Waals surface area contributed by atoms with Crippen LogP contribution in [0.5, 0.6) is 0 Å². The molecule has 0 radical (unpaired) electrons. The van der Waals surface area contributed by atoms with Gasteiger partial charge in [0.25, 0.3) is 5.56 Å². The molecule has 0 aromatic carbocycles. The van der Waals surface area contributed by atoms with Gasteiger partial charge in [-0.25, -0.2) is 22.9 Å². The Hall–Kier alpha value is -2.98. The predicted octanol–water partition coefficient (Wildman–Crippen LogP) is 2.28. The van der Waals surface area contributed by atoms with E-state index in [9.17, 15) is 18.0 Å². The van der Waals surface area contributed by atoms with Crippen LogP contribution in [0.25, 0.3) is 11.7 Å². The minimum absolute atomic E-state index is 0.00263. The number of fused-ring (bicyclic) bond motifs is 1. The lowest BCUT2D eigenvalue weighted by Gasteiger charge is -2.09. The molecular weight excluding hydrogens is 456 g/mol. The van der Waals surface area contributed by atoms with E-state index in [4.69, 9.17) is 16.3 Å². The Morgan fingerprint density at radius 1 is 1.34 bits per heavy atom. The van der Waals surface area contributed by atoms with E-state index in [2.05, 4.69) is 10.1 Å². The van der Waals surface area contributed by atoms with Crippen molar-refractivity contribution in [3.05, 3.63) is 68.5 Å². The highest BCUT2D eigenvalue weighted by atomic mass is 35.5. The van der Waals surface area contributed by atoms with Gasteiger partial charge in [0.05, 0.1) is 28.9 Å². The van der Waals surface area contributed by atoms with Crippen molar-refractivity contribution >= 4 is 39.1 Å². The van der Waals surface area contributed by atoms with Crippen molar-refractivity contribution in [1.29, 1.82) is 0 Å². The molecule has 168 valence electrons. The molecule has 32 heavy (non-hydrogen) atoms. The van der Waals surface area contributed by atoms with Gasteiger partial charge in [0.2, 0.25) is 0 Å². The molecule has 0 aliphatic carbocycles. The van der Waals surface area contributed by atoms with Gasteiger partial charge < -0.3 is 4.74 Å². The summed E-state index contributed by atoms with van der Waals surface area (Å²) in [5, 5.41) is 4.62. The average molecular weight is 477 g/mol. The van der Waals surface area contributed by atoms with Crippen LogP contribution in [0, 0.1) is 13.8 Å². The standard InChI is InChI=1S/C21H21ClN4O5S/c1-13-3-5-18-23-15(9-19(27)25(18)10-13)11-31-20(28)6-4-17-14(2)24-26(21(17)22)16-7-8-32(29,30)12-16/h3-6,9-10,16H,7-8,11-12H2,1-2H3/b6-4+/t16-/m0/s1. The van der Waals surface area contributed by atoms with Gasteiger partial charge in [-0.05, 0) is 38.0 Å². The van der Waals surface area contributed by atoms with E-state index in [0.29, 0.717) is 29.0 Å². The Labute approximate surface area is 189 Å². The molecule has 0 amide bonds. The first kappa shape index (κ1) is 22.2. The van der Waals surface area contributed by atoms with E-state index in [0.717, 1.165) is 5.56 Å². The lowest BCUT2D eigenvalue weighted by atomic mass is 10.2. The number of ether oxygens (including phenoxy) is 1. The summed E-state index contributed by atoms with van der Waals surface area (Å²) in [7, 11) is -3.08. The lowest BCUT2D eigenvalue weighted by Crippen LogP contribution is -2.16. The van der Waals surface area contributed by atoms with Crippen molar-refractivity contribution < 1.29 is 17.9 Å². The highest BCUT2D eigenvalue weighted by Gasteiger charge is 2.31. The second-order valence-corrected chi connectivity index (χ2v) is 10.3. The quantitative estimate of drug-likeness (QED) is 0.410. The molecular formula is C21H21ClN4O5S. The Balaban J connectivity index is 1.45. The van der Waals surface area contributed by atoms with E-state index >= 15 is 0 Å². The first-order chi connectivity index (χ1) is 15.1. The molecule has 1 saturated heterocycles. The van der Waals surface area contributed by atoms with Crippen LogP contribution in [0.2, 0.25) is 5.15 Å². The first-order valence-electron chi connectivity index (χ1n) is 9.92. The Morgan fingerprint density at radius 3 is 2.84 bits per heavy atom. The number of halogens is 1. The van der Waals surface area contributed by atoms with Crippen LogP contribution < -0.4 is 5.56 Å². The molecule has 4 heterocycles. The first-order valence-corrected chi connectivity index (χ1v) is 12.1. The van der Waals surface area contributed by atoms with Gasteiger partial charge in [-0.3, -0.25) is 9.20 Å². The second-order valence-electron chi connectivity index (χ2n) is 7.75. The zero-order valence-corrected chi connectivity index (χ0v) is 19.1. The molecule has 0 bridgehead atoms. The maximum absolute atomic E-state index is 12.2. The Morgan fingerprint density at radius 2 is 2.12 bits per heavy atom. The summed E-state index contributed by atoms with van der Waals surface area (Å²) in [6.07, 6.45) is 4.84. The van der Waals surface area contributed by atoms with Gasteiger partial charge in [-0.1, -0.05) is 17.7 Å². The highest BCUT2D eigenvalue weighted by molar-refractivity contribution is 7.91. The molecule has 1 aliphatic rings. The maximum atomic E-state index is 12.2. The lowest BCUT2D eigenvalue weighted by molar-refractivity contribution is -0.139. The van der Waals surface area contributed by atoms with Crippen molar-refractivity contribution in [3.63, 3.8) is 0 Å². The summed E-state index contributed by atoms with van der Waals surface area (Å²) >= 11 is 6.40. The van der Waals surface area contributed by atoms with Crippen LogP contribution in [0.4, 0.5) is 0 Å². The van der Waals surface area contributed by atoms with Gasteiger partial charge in [-0.2, -0.15) is 5.10 Å². The maximum Gasteiger partial charge on any atom is 0.331 e. The normalized spacial score (nSPS) is 17.9. The van der Waals surface area contributed by atoms with E-state index in [1.807, 2.05) is 13.0 Å². The van der Waals surface area contributed by atoms with Gasteiger partial charge in [0.1, 0.15) is 17.4 Å². The van der Waals surface area contributed by atoms with Crippen LogP contribution in [0.15, 0.2) is 35.3 Å². The number of esters is 1. The number of nitrogens with zero attached hydrogens (tertiary/aromatic N) is 4. The van der Waals surface area contributed by atoms with E-state index < -0.39 is 15.8 Å². The number of hydrogen-bond acceptors (Lipinski definition) is 7. The van der Waals surface area contributed by atoms with Crippen LogP contribution in [-0.4, -0.2) is 45.1 Å². The number of aryl methyl sites for hydroxylation is 2. The predicted molar refractivity (Wildman–Crippen MR) is 119 cm³/mol. The Kier molecular flexibility index (Phi) is 5.91. The van der Waals surface area contributed by atoms with Gasteiger partial charge in [-0.15, -0.1) is 0 Å². The number of rotatable bonds is 5.